The molecule has 0 amide bonds. The molecule has 0 fully saturated rings. The zero-order valence-corrected chi connectivity index (χ0v) is 14.1. The smallest absolute Gasteiger partial charge is 0.125 e. The molecule has 0 heterocycles. The molecule has 0 aliphatic heterocycles. The minimum Gasteiger partial charge on any atom is -0.488 e. The van der Waals surface area contributed by atoms with Gasteiger partial charge in [-0.25, -0.2) is 0 Å². The Balaban J connectivity index is 2.16. The molecular weight excluding hydrogens is 270 g/mol. The topological polar surface area (TPSA) is 35.2 Å². The molecule has 2 atom stereocenters. The van der Waals surface area contributed by atoms with Gasteiger partial charge in [0.2, 0.25) is 0 Å². The third-order valence-corrected chi connectivity index (χ3v) is 4.35. The molecule has 0 aliphatic carbocycles. The van der Waals surface area contributed by atoms with Gasteiger partial charge < -0.3 is 10.5 Å². The van der Waals surface area contributed by atoms with E-state index in [0.717, 1.165) is 23.3 Å². The maximum absolute atomic E-state index is 6.36. The lowest BCUT2D eigenvalue weighted by Crippen LogP contribution is -2.19. The van der Waals surface area contributed by atoms with Crippen LogP contribution in [-0.4, -0.2) is 0 Å². The molecule has 2 aromatic carbocycles. The molecule has 0 aliphatic rings. The van der Waals surface area contributed by atoms with Gasteiger partial charge in [0.1, 0.15) is 12.4 Å². The van der Waals surface area contributed by atoms with Crippen LogP contribution in [0.3, 0.4) is 0 Å². The fourth-order valence-corrected chi connectivity index (χ4v) is 2.72. The minimum atomic E-state index is 0.0885. The van der Waals surface area contributed by atoms with Crippen molar-refractivity contribution in [2.24, 2.45) is 11.7 Å². The van der Waals surface area contributed by atoms with Gasteiger partial charge in [0.25, 0.3) is 0 Å². The Hall–Kier alpha value is -1.80. The number of aryl methyl sites for hydroxylation is 2. The van der Waals surface area contributed by atoms with Gasteiger partial charge in [0.15, 0.2) is 0 Å². The molecule has 22 heavy (non-hydrogen) atoms. The number of nitrogens with two attached hydrogens (primary N) is 1. The van der Waals surface area contributed by atoms with Crippen molar-refractivity contribution in [2.45, 2.75) is 46.8 Å². The molecule has 0 bridgehead atoms. The molecule has 0 spiro atoms. The standard InChI is InChI=1S/C20H27NO/c1-5-14(2)19(21)18-11-15(3)20(16(4)12-18)22-13-17-9-7-6-8-10-17/h6-12,14,19H,5,13,21H2,1-4H3/t14?,19-/m0/s1. The Labute approximate surface area is 134 Å². The molecule has 2 heteroatoms. The Morgan fingerprint density at radius 1 is 1.05 bits per heavy atom. The van der Waals surface area contributed by atoms with Gasteiger partial charge in [-0.3, -0.25) is 0 Å². The van der Waals surface area contributed by atoms with E-state index in [1.165, 1.54) is 11.1 Å². The molecule has 0 aromatic heterocycles. The maximum Gasteiger partial charge on any atom is 0.125 e. The number of ether oxygens (including phenoxy) is 1. The van der Waals surface area contributed by atoms with Crippen LogP contribution in [0.1, 0.15) is 48.6 Å². The van der Waals surface area contributed by atoms with E-state index in [1.54, 1.807) is 0 Å². The quantitative estimate of drug-likeness (QED) is 0.820. The van der Waals surface area contributed by atoms with Crippen LogP contribution in [0, 0.1) is 19.8 Å². The highest BCUT2D eigenvalue weighted by Crippen LogP contribution is 2.30. The average Bonchev–Trinajstić information content (AvgIpc) is 2.53. The summed E-state index contributed by atoms with van der Waals surface area (Å²) < 4.78 is 6.03. The van der Waals surface area contributed by atoms with Crippen molar-refractivity contribution in [3.05, 3.63) is 64.7 Å². The lowest BCUT2D eigenvalue weighted by atomic mass is 9.91. The molecule has 2 aromatic rings. The number of rotatable bonds is 6. The normalized spacial score (nSPS) is 13.7. The molecule has 118 valence electrons. The summed E-state index contributed by atoms with van der Waals surface area (Å²) in [4.78, 5) is 0. The lowest BCUT2D eigenvalue weighted by molar-refractivity contribution is 0.301. The first-order valence-electron chi connectivity index (χ1n) is 8.06. The highest BCUT2D eigenvalue weighted by Gasteiger charge is 2.16. The van der Waals surface area contributed by atoms with Gasteiger partial charge in [-0.15, -0.1) is 0 Å². The second-order valence-corrected chi connectivity index (χ2v) is 6.17. The van der Waals surface area contributed by atoms with Gasteiger partial charge in [-0.1, -0.05) is 62.7 Å². The highest BCUT2D eigenvalue weighted by molar-refractivity contribution is 5.44. The Morgan fingerprint density at radius 2 is 1.64 bits per heavy atom. The summed E-state index contributed by atoms with van der Waals surface area (Å²) in [5.74, 6) is 1.46. The Kier molecular flexibility index (Phi) is 5.62. The predicted octanol–water partition coefficient (Wildman–Crippen LogP) is 4.93. The van der Waals surface area contributed by atoms with Crippen molar-refractivity contribution in [1.82, 2.24) is 0 Å². The molecule has 2 N–H and O–H groups in total. The third-order valence-electron chi connectivity index (χ3n) is 4.35. The number of hydrogen-bond donors (Lipinski definition) is 1. The number of benzene rings is 2. The van der Waals surface area contributed by atoms with E-state index in [9.17, 15) is 0 Å². The van der Waals surface area contributed by atoms with Gasteiger partial charge in [-0.2, -0.15) is 0 Å². The fraction of sp³-hybridized carbons (Fsp3) is 0.400. The highest BCUT2D eigenvalue weighted by atomic mass is 16.5. The van der Waals surface area contributed by atoms with Crippen molar-refractivity contribution < 1.29 is 4.74 Å². The van der Waals surface area contributed by atoms with Crippen LogP contribution in [0.15, 0.2) is 42.5 Å². The number of hydrogen-bond acceptors (Lipinski definition) is 2. The second-order valence-electron chi connectivity index (χ2n) is 6.17. The minimum absolute atomic E-state index is 0.0885. The summed E-state index contributed by atoms with van der Waals surface area (Å²) in [6.07, 6.45) is 1.09. The molecule has 0 radical (unpaired) electrons. The van der Waals surface area contributed by atoms with Crippen LogP contribution >= 0.6 is 0 Å². The zero-order valence-electron chi connectivity index (χ0n) is 14.1. The lowest BCUT2D eigenvalue weighted by Gasteiger charge is -2.21. The first-order valence-corrected chi connectivity index (χ1v) is 8.06. The average molecular weight is 297 g/mol. The van der Waals surface area contributed by atoms with Crippen molar-refractivity contribution >= 4 is 0 Å². The van der Waals surface area contributed by atoms with Gasteiger partial charge in [0.05, 0.1) is 0 Å². The largest absolute Gasteiger partial charge is 0.488 e. The SMILES string of the molecule is CCC(C)[C@H](N)c1cc(C)c(OCc2ccccc2)c(C)c1. The van der Waals surface area contributed by atoms with Gasteiger partial charge in [-0.05, 0) is 42.0 Å². The van der Waals surface area contributed by atoms with Gasteiger partial charge >= 0.3 is 0 Å². The monoisotopic (exact) mass is 297 g/mol. The van der Waals surface area contributed by atoms with Crippen molar-refractivity contribution in [2.75, 3.05) is 0 Å². The van der Waals surface area contributed by atoms with Gasteiger partial charge in [0, 0.05) is 6.04 Å². The van der Waals surface area contributed by atoms with Crippen LogP contribution in [0.4, 0.5) is 0 Å². The van der Waals surface area contributed by atoms with Crippen LogP contribution < -0.4 is 10.5 Å². The van der Waals surface area contributed by atoms with E-state index in [0.29, 0.717) is 12.5 Å². The van der Waals surface area contributed by atoms with Crippen molar-refractivity contribution in [1.29, 1.82) is 0 Å². The predicted molar refractivity (Wildman–Crippen MR) is 93.1 cm³/mol. The Bertz CT molecular complexity index is 583. The Morgan fingerprint density at radius 3 is 2.18 bits per heavy atom. The molecule has 0 saturated heterocycles. The summed E-state index contributed by atoms with van der Waals surface area (Å²) in [5, 5.41) is 0. The van der Waals surface area contributed by atoms with Crippen LogP contribution in [0.2, 0.25) is 0 Å². The van der Waals surface area contributed by atoms with E-state index >= 15 is 0 Å². The molecule has 2 nitrogen and oxygen atoms in total. The summed E-state index contributed by atoms with van der Waals surface area (Å²) in [5.41, 5.74) is 11.1. The van der Waals surface area contributed by atoms with Crippen LogP contribution in [0.5, 0.6) is 5.75 Å². The maximum atomic E-state index is 6.36. The molecular formula is C20H27NO. The summed E-state index contributed by atoms with van der Waals surface area (Å²) in [6.45, 7) is 9.18. The molecule has 2 rings (SSSR count). The molecule has 0 saturated carbocycles. The summed E-state index contributed by atoms with van der Waals surface area (Å²) in [7, 11) is 0. The van der Waals surface area contributed by atoms with Crippen LogP contribution in [-0.2, 0) is 6.61 Å². The van der Waals surface area contributed by atoms with E-state index in [2.05, 4.69) is 52.0 Å². The van der Waals surface area contributed by atoms with E-state index in [1.807, 2.05) is 18.2 Å². The first-order chi connectivity index (χ1) is 10.5. The van der Waals surface area contributed by atoms with E-state index < -0.39 is 0 Å². The molecule has 1 unspecified atom stereocenters. The van der Waals surface area contributed by atoms with Crippen molar-refractivity contribution in [3.8, 4) is 5.75 Å². The fourth-order valence-electron chi connectivity index (χ4n) is 2.72. The zero-order chi connectivity index (χ0) is 16.1. The second kappa shape index (κ2) is 7.46. The summed E-state index contributed by atoms with van der Waals surface area (Å²) >= 11 is 0. The third kappa shape index (κ3) is 3.89. The van der Waals surface area contributed by atoms with E-state index in [4.69, 9.17) is 10.5 Å². The van der Waals surface area contributed by atoms with Crippen LogP contribution in [0.25, 0.3) is 0 Å². The summed E-state index contributed by atoms with van der Waals surface area (Å²) in [6, 6.07) is 14.7. The first kappa shape index (κ1) is 16.6. The van der Waals surface area contributed by atoms with E-state index in [-0.39, 0.29) is 6.04 Å². The van der Waals surface area contributed by atoms with Crippen molar-refractivity contribution in [3.63, 3.8) is 0 Å².